The number of carbonyl (C=O) groups excluding carboxylic acids is 1. The molecule has 0 rings (SSSR count). The summed E-state index contributed by atoms with van der Waals surface area (Å²) >= 11 is 0. The summed E-state index contributed by atoms with van der Waals surface area (Å²) in [6, 6.07) is 0. The molecule has 0 radical (unpaired) electrons. The third-order valence-electron chi connectivity index (χ3n) is 0. The molecule has 0 spiro atoms. The van der Waals surface area contributed by atoms with Crippen LogP contribution in [0.25, 0.3) is 0 Å². The molecular formula is C3H9ClNNaO2. The van der Waals surface area contributed by atoms with Crippen LogP contribution >= 0.6 is 12.4 Å². The Bertz CT molecular complexity index is 40.3. The topological polar surface area (TPSA) is 66.1 Å². The second-order valence-corrected chi connectivity index (χ2v) is 0.492. The zero-order chi connectivity index (χ0) is 5.58. The summed E-state index contributed by atoms with van der Waals surface area (Å²) in [5.41, 5.74) is 4.50. The van der Waals surface area contributed by atoms with E-state index in [0.717, 1.165) is 6.92 Å². The standard InChI is InChI=1S/C2H4O2.CH5N.ClH.Na/c1-2(3)4;1-2;;/h1H3,(H,3,4);2H2,1H3;1H;/q;;;+1/p-1. The van der Waals surface area contributed by atoms with E-state index in [1.807, 2.05) is 0 Å². The number of aliphatic carboxylic acids is 1. The zero-order valence-electron chi connectivity index (χ0n) is 5.30. The molecule has 0 aliphatic heterocycles. The third-order valence-corrected chi connectivity index (χ3v) is 0. The molecule has 0 amide bonds. The monoisotopic (exact) mass is 149 g/mol. The molecule has 0 saturated heterocycles. The van der Waals surface area contributed by atoms with E-state index in [2.05, 4.69) is 5.73 Å². The van der Waals surface area contributed by atoms with E-state index >= 15 is 0 Å². The van der Waals surface area contributed by atoms with Crippen molar-refractivity contribution >= 4 is 18.4 Å². The molecule has 8 heavy (non-hydrogen) atoms. The van der Waals surface area contributed by atoms with Gasteiger partial charge in [0.25, 0.3) is 0 Å². The second kappa shape index (κ2) is 25.2. The smallest absolute Gasteiger partial charge is 0.550 e. The van der Waals surface area contributed by atoms with Gasteiger partial charge in [-0.3, -0.25) is 0 Å². The number of halogens is 1. The second-order valence-electron chi connectivity index (χ2n) is 0.492. The van der Waals surface area contributed by atoms with Gasteiger partial charge >= 0.3 is 29.6 Å². The number of nitrogens with two attached hydrogens (primary N) is 1. The van der Waals surface area contributed by atoms with E-state index in [1.165, 1.54) is 7.05 Å². The zero-order valence-corrected chi connectivity index (χ0v) is 8.12. The fourth-order valence-corrected chi connectivity index (χ4v) is 0. The van der Waals surface area contributed by atoms with Crippen LogP contribution in [0.4, 0.5) is 0 Å². The van der Waals surface area contributed by atoms with Gasteiger partial charge in [-0.25, -0.2) is 0 Å². The Hall–Kier alpha value is 0.720. The molecule has 0 aliphatic rings. The summed E-state index contributed by atoms with van der Waals surface area (Å²) in [6.45, 7) is 0.972. The van der Waals surface area contributed by atoms with Crippen molar-refractivity contribution in [3.05, 3.63) is 0 Å². The van der Waals surface area contributed by atoms with Crippen LogP contribution in [-0.4, -0.2) is 13.0 Å². The van der Waals surface area contributed by atoms with Gasteiger partial charge in [0.1, 0.15) is 0 Å². The van der Waals surface area contributed by atoms with Crippen LogP contribution in [0, 0.1) is 0 Å². The minimum absolute atomic E-state index is 0. The fraction of sp³-hybridized carbons (Fsp3) is 0.667. The molecule has 0 aromatic carbocycles. The van der Waals surface area contributed by atoms with Crippen LogP contribution < -0.4 is 40.4 Å². The van der Waals surface area contributed by atoms with Crippen molar-refractivity contribution in [2.45, 2.75) is 6.92 Å². The van der Waals surface area contributed by atoms with Gasteiger partial charge in [-0.05, 0) is 14.0 Å². The Morgan fingerprint density at radius 3 is 1.50 bits per heavy atom. The molecule has 2 N–H and O–H groups in total. The summed E-state index contributed by atoms with van der Waals surface area (Å²) in [6.07, 6.45) is 0. The summed E-state index contributed by atoms with van der Waals surface area (Å²) in [7, 11) is 1.50. The number of carboxylic acid groups (broad SMARTS) is 1. The van der Waals surface area contributed by atoms with E-state index in [4.69, 9.17) is 9.90 Å². The molecule has 0 aromatic rings. The van der Waals surface area contributed by atoms with Gasteiger partial charge in [0.2, 0.25) is 0 Å². The van der Waals surface area contributed by atoms with Crippen LogP contribution in [0.2, 0.25) is 0 Å². The quantitative estimate of drug-likeness (QED) is 0.355. The van der Waals surface area contributed by atoms with Crippen molar-refractivity contribution in [2.24, 2.45) is 5.73 Å². The first-order valence-electron chi connectivity index (χ1n) is 1.49. The summed E-state index contributed by atoms with van der Waals surface area (Å²) in [5.74, 6) is -1.08. The van der Waals surface area contributed by atoms with Gasteiger partial charge in [0, 0.05) is 5.97 Å². The molecule has 0 aliphatic carbocycles. The number of hydrogen-bond acceptors (Lipinski definition) is 3. The van der Waals surface area contributed by atoms with Gasteiger partial charge in [0.15, 0.2) is 0 Å². The Morgan fingerprint density at radius 2 is 1.50 bits per heavy atom. The maximum absolute atomic E-state index is 8.89. The number of rotatable bonds is 0. The Kier molecular flexibility index (Phi) is 73.5. The van der Waals surface area contributed by atoms with Crippen LogP contribution in [0.3, 0.4) is 0 Å². The largest absolute Gasteiger partial charge is 1.00 e. The number of hydrogen-bond donors (Lipinski definition) is 1. The SMILES string of the molecule is CC(=O)[O-].CN.Cl.[Na+]. The Balaban J connectivity index is -0.0000000183. The van der Waals surface area contributed by atoms with Gasteiger partial charge in [-0.1, -0.05) is 0 Å². The molecule has 3 nitrogen and oxygen atoms in total. The maximum atomic E-state index is 8.89. The minimum atomic E-state index is -1.08. The Morgan fingerprint density at radius 1 is 1.50 bits per heavy atom. The number of carboxylic acids is 1. The van der Waals surface area contributed by atoms with Gasteiger partial charge in [-0.2, -0.15) is 0 Å². The molecule has 46 valence electrons. The molecule has 0 atom stereocenters. The van der Waals surface area contributed by atoms with E-state index < -0.39 is 5.97 Å². The van der Waals surface area contributed by atoms with Crippen LogP contribution in [0.15, 0.2) is 0 Å². The molecule has 0 fully saturated rings. The average molecular weight is 150 g/mol. The van der Waals surface area contributed by atoms with Gasteiger partial charge < -0.3 is 15.6 Å². The van der Waals surface area contributed by atoms with Crippen LogP contribution in [0.1, 0.15) is 6.92 Å². The first-order valence-corrected chi connectivity index (χ1v) is 1.49. The average Bonchev–Trinajstić information content (AvgIpc) is 1.41. The van der Waals surface area contributed by atoms with Crippen molar-refractivity contribution in [3.8, 4) is 0 Å². The van der Waals surface area contributed by atoms with Gasteiger partial charge in [-0.15, -0.1) is 12.4 Å². The van der Waals surface area contributed by atoms with Gasteiger partial charge in [0.05, 0.1) is 0 Å². The fourth-order valence-electron chi connectivity index (χ4n) is 0. The van der Waals surface area contributed by atoms with E-state index in [1.54, 1.807) is 0 Å². The minimum Gasteiger partial charge on any atom is -0.550 e. The van der Waals surface area contributed by atoms with E-state index in [9.17, 15) is 0 Å². The summed E-state index contributed by atoms with van der Waals surface area (Å²) in [4.78, 5) is 8.89. The normalized spacial score (nSPS) is 3.88. The molecular weight excluding hydrogens is 140 g/mol. The van der Waals surface area contributed by atoms with Crippen LogP contribution in [-0.2, 0) is 4.79 Å². The third kappa shape index (κ3) is 424. The molecule has 0 heterocycles. The molecule has 0 aromatic heterocycles. The van der Waals surface area contributed by atoms with E-state index in [-0.39, 0.29) is 42.0 Å². The van der Waals surface area contributed by atoms with Crippen molar-refractivity contribution in [2.75, 3.05) is 7.05 Å². The number of carbonyl (C=O) groups is 1. The molecule has 5 heteroatoms. The predicted octanol–water partition coefficient (Wildman–Crippen LogP) is -4.24. The molecule has 0 unspecified atom stereocenters. The molecule has 0 bridgehead atoms. The Labute approximate surface area is 77.3 Å². The van der Waals surface area contributed by atoms with E-state index in [0.29, 0.717) is 0 Å². The van der Waals surface area contributed by atoms with Crippen molar-refractivity contribution in [1.29, 1.82) is 0 Å². The summed E-state index contributed by atoms with van der Waals surface area (Å²) < 4.78 is 0. The predicted molar refractivity (Wildman–Crippen MR) is 28.0 cm³/mol. The van der Waals surface area contributed by atoms with Crippen molar-refractivity contribution in [3.63, 3.8) is 0 Å². The summed E-state index contributed by atoms with van der Waals surface area (Å²) in [5, 5.41) is 8.89. The van der Waals surface area contributed by atoms with Crippen molar-refractivity contribution < 1.29 is 39.5 Å². The maximum Gasteiger partial charge on any atom is 1.00 e. The first-order chi connectivity index (χ1) is 2.73. The van der Waals surface area contributed by atoms with Crippen LogP contribution in [0.5, 0.6) is 0 Å². The molecule has 0 saturated carbocycles. The van der Waals surface area contributed by atoms with Crippen molar-refractivity contribution in [1.82, 2.24) is 0 Å². The first kappa shape index (κ1) is 23.3.